The highest BCUT2D eigenvalue weighted by Gasteiger charge is 1.97. The van der Waals surface area contributed by atoms with E-state index in [1.807, 2.05) is 6.07 Å². The molecule has 68 valence electrons. The number of carbonyl (C=O) groups is 1. The third kappa shape index (κ3) is 3.15. The number of rotatable bonds is 1. The van der Waals surface area contributed by atoms with Crippen molar-refractivity contribution < 1.29 is 9.90 Å². The molecule has 0 saturated carbocycles. The monoisotopic (exact) mass is 184 g/mol. The van der Waals surface area contributed by atoms with Gasteiger partial charge < -0.3 is 5.11 Å². The normalized spacial score (nSPS) is 7.79. The molecule has 0 aromatic heterocycles. The molecule has 1 rings (SSSR count). The van der Waals surface area contributed by atoms with E-state index in [2.05, 4.69) is 23.7 Å². The van der Waals surface area contributed by atoms with Crippen molar-refractivity contribution >= 4 is 5.78 Å². The highest BCUT2D eigenvalue weighted by molar-refractivity contribution is 6.09. The van der Waals surface area contributed by atoms with Crippen molar-refractivity contribution in [2.24, 2.45) is 0 Å². The topological polar surface area (TPSA) is 37.3 Å². The molecule has 0 spiro atoms. The maximum atomic E-state index is 11.3. The molecule has 0 heterocycles. The van der Waals surface area contributed by atoms with Gasteiger partial charge in [-0.05, 0) is 17.8 Å². The highest BCUT2D eigenvalue weighted by atomic mass is 16.2. The fourth-order valence-corrected chi connectivity index (χ4v) is 0.833. The Hall–Kier alpha value is -2.03. The summed E-state index contributed by atoms with van der Waals surface area (Å²) < 4.78 is 0. The standard InChI is InChI=1S/C12H8O2/c13-10-6-2-5-9-12(14)11-7-3-1-4-8-11/h1,3-4,7-8,13H,10H2. The molecule has 0 bridgehead atoms. The Morgan fingerprint density at radius 3 is 2.57 bits per heavy atom. The summed E-state index contributed by atoms with van der Waals surface area (Å²) in [5, 5.41) is 8.32. The van der Waals surface area contributed by atoms with E-state index in [-0.39, 0.29) is 12.4 Å². The van der Waals surface area contributed by atoms with E-state index in [1.54, 1.807) is 24.3 Å². The maximum Gasteiger partial charge on any atom is 0.236 e. The summed E-state index contributed by atoms with van der Waals surface area (Å²) in [4.78, 5) is 11.3. The first-order valence-electron chi connectivity index (χ1n) is 4.03. The van der Waals surface area contributed by atoms with Crippen molar-refractivity contribution in [3.8, 4) is 23.7 Å². The summed E-state index contributed by atoms with van der Waals surface area (Å²) >= 11 is 0. The zero-order chi connectivity index (χ0) is 10.2. The van der Waals surface area contributed by atoms with Gasteiger partial charge in [0.15, 0.2) is 0 Å². The number of Topliss-reactive ketones (excluding diaryl/α,β-unsaturated/α-hetero) is 1. The summed E-state index contributed by atoms with van der Waals surface area (Å²) in [7, 11) is 0. The lowest BCUT2D eigenvalue weighted by molar-refractivity contribution is 0.105. The summed E-state index contributed by atoms with van der Waals surface area (Å²) in [6, 6.07) is 8.76. The molecule has 0 unspecified atom stereocenters. The first-order chi connectivity index (χ1) is 6.84. The van der Waals surface area contributed by atoms with Crippen LogP contribution in [0.25, 0.3) is 0 Å². The Morgan fingerprint density at radius 2 is 1.93 bits per heavy atom. The van der Waals surface area contributed by atoms with Crippen LogP contribution in [0.1, 0.15) is 10.4 Å². The molecule has 14 heavy (non-hydrogen) atoms. The van der Waals surface area contributed by atoms with Crippen LogP contribution in [0.3, 0.4) is 0 Å². The van der Waals surface area contributed by atoms with Crippen molar-refractivity contribution in [1.29, 1.82) is 0 Å². The number of aliphatic hydroxyl groups excluding tert-OH is 1. The van der Waals surface area contributed by atoms with Gasteiger partial charge in [-0.2, -0.15) is 0 Å². The van der Waals surface area contributed by atoms with Gasteiger partial charge in [0.2, 0.25) is 5.78 Å². The van der Waals surface area contributed by atoms with Crippen LogP contribution in [-0.2, 0) is 0 Å². The van der Waals surface area contributed by atoms with Crippen molar-refractivity contribution in [1.82, 2.24) is 0 Å². The van der Waals surface area contributed by atoms with E-state index >= 15 is 0 Å². The summed E-state index contributed by atoms with van der Waals surface area (Å²) in [5.74, 6) is 9.15. The Morgan fingerprint density at radius 1 is 1.21 bits per heavy atom. The summed E-state index contributed by atoms with van der Waals surface area (Å²) in [5.41, 5.74) is 0.547. The molecule has 0 aliphatic rings. The molecule has 0 aliphatic heterocycles. The SMILES string of the molecule is O=C(C#CC#CCO)c1ccccc1. The minimum absolute atomic E-state index is 0.242. The molecule has 1 aromatic rings. The van der Waals surface area contributed by atoms with Gasteiger partial charge in [-0.15, -0.1) is 0 Å². The van der Waals surface area contributed by atoms with E-state index in [4.69, 9.17) is 5.11 Å². The fraction of sp³-hybridized carbons (Fsp3) is 0.0833. The summed E-state index contributed by atoms with van der Waals surface area (Å²) in [6.07, 6.45) is 0. The quantitative estimate of drug-likeness (QED) is 0.399. The maximum absolute atomic E-state index is 11.3. The molecular formula is C12H8O2. The first kappa shape index (κ1) is 10.1. The van der Waals surface area contributed by atoms with Crippen molar-refractivity contribution in [3.63, 3.8) is 0 Å². The van der Waals surface area contributed by atoms with Crippen LogP contribution in [0.5, 0.6) is 0 Å². The fourth-order valence-electron chi connectivity index (χ4n) is 0.833. The smallest absolute Gasteiger partial charge is 0.236 e. The number of ketones is 1. The zero-order valence-electron chi connectivity index (χ0n) is 7.45. The van der Waals surface area contributed by atoms with Crippen LogP contribution >= 0.6 is 0 Å². The lowest BCUT2D eigenvalue weighted by Gasteiger charge is -1.89. The highest BCUT2D eigenvalue weighted by Crippen LogP contribution is 1.98. The second kappa shape index (κ2) is 5.59. The van der Waals surface area contributed by atoms with Gasteiger partial charge in [0, 0.05) is 5.56 Å². The van der Waals surface area contributed by atoms with Gasteiger partial charge in [0.05, 0.1) is 0 Å². The van der Waals surface area contributed by atoms with Gasteiger partial charge in [0.1, 0.15) is 6.61 Å². The predicted molar refractivity (Wildman–Crippen MR) is 53.4 cm³/mol. The lowest BCUT2D eigenvalue weighted by atomic mass is 10.1. The Balaban J connectivity index is 2.72. The average molecular weight is 184 g/mol. The van der Waals surface area contributed by atoms with Crippen LogP contribution in [0, 0.1) is 23.7 Å². The van der Waals surface area contributed by atoms with Gasteiger partial charge in [-0.25, -0.2) is 0 Å². The number of hydrogen-bond acceptors (Lipinski definition) is 2. The Bertz CT molecular complexity index is 424. The molecule has 0 aliphatic carbocycles. The molecule has 0 fully saturated rings. The largest absolute Gasteiger partial charge is 0.384 e. The molecule has 2 nitrogen and oxygen atoms in total. The molecule has 0 saturated heterocycles. The Labute approximate surface area is 82.6 Å². The molecule has 0 radical (unpaired) electrons. The first-order valence-corrected chi connectivity index (χ1v) is 4.03. The molecule has 1 aromatic carbocycles. The van der Waals surface area contributed by atoms with E-state index in [1.165, 1.54) is 0 Å². The van der Waals surface area contributed by atoms with Crippen LogP contribution in [0.4, 0.5) is 0 Å². The van der Waals surface area contributed by atoms with Crippen LogP contribution in [-0.4, -0.2) is 17.5 Å². The van der Waals surface area contributed by atoms with Gasteiger partial charge in [0.25, 0.3) is 0 Å². The number of hydrogen-bond donors (Lipinski definition) is 1. The van der Waals surface area contributed by atoms with Crippen molar-refractivity contribution in [2.75, 3.05) is 6.61 Å². The van der Waals surface area contributed by atoms with Gasteiger partial charge in [-0.1, -0.05) is 36.3 Å². The summed E-state index contributed by atoms with van der Waals surface area (Å²) in [6.45, 7) is -0.242. The van der Waals surface area contributed by atoms with E-state index in [0.717, 1.165) is 0 Å². The van der Waals surface area contributed by atoms with Crippen molar-refractivity contribution in [2.45, 2.75) is 0 Å². The van der Waals surface area contributed by atoms with Crippen LogP contribution in [0.15, 0.2) is 30.3 Å². The molecule has 2 heteroatoms. The molecule has 0 atom stereocenters. The minimum atomic E-state index is -0.266. The van der Waals surface area contributed by atoms with E-state index in [0.29, 0.717) is 5.56 Å². The second-order valence-electron chi connectivity index (χ2n) is 2.41. The number of aliphatic hydroxyl groups is 1. The number of benzene rings is 1. The van der Waals surface area contributed by atoms with Gasteiger partial charge >= 0.3 is 0 Å². The molecule has 1 N–H and O–H groups in total. The second-order valence-corrected chi connectivity index (χ2v) is 2.41. The average Bonchev–Trinajstić information content (AvgIpc) is 2.25. The lowest BCUT2D eigenvalue weighted by Crippen LogP contribution is -1.93. The number of carbonyl (C=O) groups excluding carboxylic acids is 1. The van der Waals surface area contributed by atoms with Gasteiger partial charge in [-0.3, -0.25) is 4.79 Å². The van der Waals surface area contributed by atoms with E-state index < -0.39 is 0 Å². The molecular weight excluding hydrogens is 176 g/mol. The Kier molecular flexibility index (Phi) is 4.01. The van der Waals surface area contributed by atoms with E-state index in [9.17, 15) is 4.79 Å². The minimum Gasteiger partial charge on any atom is -0.384 e. The third-order valence-corrected chi connectivity index (χ3v) is 1.44. The van der Waals surface area contributed by atoms with Crippen LogP contribution < -0.4 is 0 Å². The molecule has 0 amide bonds. The van der Waals surface area contributed by atoms with Crippen LogP contribution in [0.2, 0.25) is 0 Å². The van der Waals surface area contributed by atoms with Crippen molar-refractivity contribution in [3.05, 3.63) is 35.9 Å². The zero-order valence-corrected chi connectivity index (χ0v) is 7.45. The predicted octanol–water partition coefficient (Wildman–Crippen LogP) is 0.868. The third-order valence-electron chi connectivity index (χ3n) is 1.44.